The molecule has 0 aliphatic rings. The van der Waals surface area contributed by atoms with Crippen LogP contribution in [-0.4, -0.2) is 31.6 Å². The summed E-state index contributed by atoms with van der Waals surface area (Å²) >= 11 is 0. The molecule has 1 aromatic rings. The van der Waals surface area contributed by atoms with Gasteiger partial charge in [0.05, 0.1) is 7.11 Å². The number of carbonyl (C=O) groups excluding carboxylic acids is 2. The zero-order valence-electron chi connectivity index (χ0n) is 10.4. The molecule has 7 nitrogen and oxygen atoms in total. The molecule has 1 atom stereocenters. The summed E-state index contributed by atoms with van der Waals surface area (Å²) in [5.41, 5.74) is 9.02. The molecule has 0 heterocycles. The number of carbonyl (C=O) groups is 2. The standard InChI is InChI=1S/C12H14N4O3/c1-19-12(18)10(15-11(17)8-14-16-13)7-9-5-3-2-4-6-9/h2-6,10H,7-8H2,1H3,(H,15,17)/t10-/m0/s1. The van der Waals surface area contributed by atoms with Crippen LogP contribution in [0.15, 0.2) is 35.4 Å². The number of hydrogen-bond acceptors (Lipinski definition) is 4. The lowest BCUT2D eigenvalue weighted by atomic mass is 10.1. The molecule has 19 heavy (non-hydrogen) atoms. The third kappa shape index (κ3) is 5.10. The predicted molar refractivity (Wildman–Crippen MR) is 68.1 cm³/mol. The smallest absolute Gasteiger partial charge is 0.328 e. The number of ether oxygens (including phenoxy) is 1. The van der Waals surface area contributed by atoms with Gasteiger partial charge in [-0.15, -0.1) is 0 Å². The lowest BCUT2D eigenvalue weighted by molar-refractivity contribution is -0.144. The van der Waals surface area contributed by atoms with E-state index >= 15 is 0 Å². The summed E-state index contributed by atoms with van der Waals surface area (Å²) in [7, 11) is 1.25. The fourth-order valence-corrected chi connectivity index (χ4v) is 1.52. The van der Waals surface area contributed by atoms with Crippen molar-refractivity contribution in [3.8, 4) is 0 Å². The molecule has 0 saturated heterocycles. The largest absolute Gasteiger partial charge is 0.467 e. The number of nitrogens with one attached hydrogen (secondary N) is 1. The first-order chi connectivity index (χ1) is 9.17. The van der Waals surface area contributed by atoms with E-state index in [-0.39, 0.29) is 6.54 Å². The molecule has 0 unspecified atom stereocenters. The number of methoxy groups -OCH3 is 1. The zero-order valence-corrected chi connectivity index (χ0v) is 10.4. The fraction of sp³-hybridized carbons (Fsp3) is 0.333. The average molecular weight is 262 g/mol. The van der Waals surface area contributed by atoms with Gasteiger partial charge in [-0.2, -0.15) is 0 Å². The van der Waals surface area contributed by atoms with Gasteiger partial charge in [-0.1, -0.05) is 35.4 Å². The molecule has 7 heteroatoms. The van der Waals surface area contributed by atoms with Gasteiger partial charge < -0.3 is 10.1 Å². The molecular formula is C12H14N4O3. The summed E-state index contributed by atoms with van der Waals surface area (Å²) in [6.45, 7) is -0.348. The summed E-state index contributed by atoms with van der Waals surface area (Å²) in [5.74, 6) is -1.07. The van der Waals surface area contributed by atoms with Crippen molar-refractivity contribution in [2.24, 2.45) is 5.11 Å². The number of nitrogens with zero attached hydrogens (tertiary/aromatic N) is 3. The molecule has 1 amide bonds. The second-order valence-electron chi connectivity index (χ2n) is 3.72. The van der Waals surface area contributed by atoms with Gasteiger partial charge in [0.2, 0.25) is 5.91 Å². The third-order valence-corrected chi connectivity index (χ3v) is 2.38. The minimum absolute atomic E-state index is 0.315. The van der Waals surface area contributed by atoms with E-state index in [4.69, 9.17) is 5.53 Å². The fourth-order valence-electron chi connectivity index (χ4n) is 1.52. The van der Waals surface area contributed by atoms with Crippen LogP contribution in [0.5, 0.6) is 0 Å². The van der Waals surface area contributed by atoms with Gasteiger partial charge in [0.15, 0.2) is 0 Å². The second kappa shape index (κ2) is 7.73. The van der Waals surface area contributed by atoms with E-state index in [1.165, 1.54) is 7.11 Å². The van der Waals surface area contributed by atoms with E-state index in [0.29, 0.717) is 6.42 Å². The van der Waals surface area contributed by atoms with Gasteiger partial charge in [-0.3, -0.25) is 4.79 Å². The monoisotopic (exact) mass is 262 g/mol. The predicted octanol–water partition coefficient (Wildman–Crippen LogP) is 1.20. The molecule has 1 aromatic carbocycles. The highest BCUT2D eigenvalue weighted by atomic mass is 16.5. The van der Waals surface area contributed by atoms with Gasteiger partial charge >= 0.3 is 5.97 Å². The molecule has 0 aliphatic heterocycles. The van der Waals surface area contributed by atoms with Crippen LogP contribution in [0.25, 0.3) is 10.4 Å². The Kier molecular flexibility index (Phi) is 5.91. The Morgan fingerprint density at radius 2 is 2.11 bits per heavy atom. The molecule has 0 aliphatic carbocycles. The quantitative estimate of drug-likeness (QED) is 0.360. The third-order valence-electron chi connectivity index (χ3n) is 2.38. The molecule has 0 spiro atoms. The number of benzene rings is 1. The first-order valence-corrected chi connectivity index (χ1v) is 5.59. The Labute approximate surface area is 110 Å². The van der Waals surface area contributed by atoms with E-state index < -0.39 is 17.9 Å². The number of amides is 1. The van der Waals surface area contributed by atoms with Crippen LogP contribution < -0.4 is 5.32 Å². The summed E-state index contributed by atoms with van der Waals surface area (Å²) < 4.78 is 4.63. The van der Waals surface area contributed by atoms with E-state index in [2.05, 4.69) is 20.1 Å². The normalized spacial score (nSPS) is 11.0. The lowest BCUT2D eigenvalue weighted by Crippen LogP contribution is -2.43. The van der Waals surface area contributed by atoms with Crippen molar-refractivity contribution < 1.29 is 14.3 Å². The van der Waals surface area contributed by atoms with Crippen LogP contribution >= 0.6 is 0 Å². The maximum Gasteiger partial charge on any atom is 0.328 e. The highest BCUT2D eigenvalue weighted by Crippen LogP contribution is 2.04. The van der Waals surface area contributed by atoms with Gasteiger partial charge in [0.25, 0.3) is 0 Å². The van der Waals surface area contributed by atoms with Crippen molar-refractivity contribution in [1.82, 2.24) is 5.32 Å². The van der Waals surface area contributed by atoms with Crippen molar-refractivity contribution in [2.45, 2.75) is 12.5 Å². The molecule has 0 saturated carbocycles. The van der Waals surface area contributed by atoms with Gasteiger partial charge in [-0.05, 0) is 11.1 Å². The number of esters is 1. The molecule has 0 aromatic heterocycles. The van der Waals surface area contributed by atoms with Crippen LogP contribution in [0.4, 0.5) is 0 Å². The van der Waals surface area contributed by atoms with E-state index in [9.17, 15) is 9.59 Å². The van der Waals surface area contributed by atoms with E-state index in [1.54, 1.807) is 0 Å². The van der Waals surface area contributed by atoms with Gasteiger partial charge in [0.1, 0.15) is 12.6 Å². The summed E-state index contributed by atoms with van der Waals surface area (Å²) in [6.07, 6.45) is 0.315. The van der Waals surface area contributed by atoms with Crippen molar-refractivity contribution in [1.29, 1.82) is 0 Å². The molecule has 0 fully saturated rings. The minimum atomic E-state index is -0.797. The SMILES string of the molecule is COC(=O)[C@H](Cc1ccccc1)NC(=O)CN=[N+]=[N-]. The van der Waals surface area contributed by atoms with Crippen LogP contribution in [-0.2, 0) is 20.7 Å². The lowest BCUT2D eigenvalue weighted by Gasteiger charge is -2.15. The molecule has 0 radical (unpaired) electrons. The summed E-state index contributed by atoms with van der Waals surface area (Å²) in [6, 6.07) is 8.42. The Bertz CT molecular complexity index is 483. The van der Waals surface area contributed by atoms with Crippen LogP contribution in [0, 0.1) is 0 Å². The second-order valence-corrected chi connectivity index (χ2v) is 3.72. The van der Waals surface area contributed by atoms with Crippen LogP contribution in [0.3, 0.4) is 0 Å². The van der Waals surface area contributed by atoms with Crippen molar-refractivity contribution in [3.05, 3.63) is 46.3 Å². The topological polar surface area (TPSA) is 104 Å². The maximum atomic E-state index is 11.6. The molecular weight excluding hydrogens is 248 g/mol. The van der Waals surface area contributed by atoms with Crippen LogP contribution in [0.2, 0.25) is 0 Å². The Morgan fingerprint density at radius 3 is 2.68 bits per heavy atom. The Balaban J connectivity index is 2.70. The first-order valence-electron chi connectivity index (χ1n) is 5.59. The number of hydrogen-bond donors (Lipinski definition) is 1. The zero-order chi connectivity index (χ0) is 14.1. The average Bonchev–Trinajstić information content (AvgIpc) is 2.44. The summed E-state index contributed by atoms with van der Waals surface area (Å²) in [4.78, 5) is 25.5. The highest BCUT2D eigenvalue weighted by Gasteiger charge is 2.21. The summed E-state index contributed by atoms with van der Waals surface area (Å²) in [5, 5.41) is 5.61. The van der Waals surface area contributed by atoms with Gasteiger partial charge in [-0.25, -0.2) is 4.79 Å². The Hall–Kier alpha value is -2.53. The van der Waals surface area contributed by atoms with Crippen LogP contribution in [0.1, 0.15) is 5.56 Å². The molecule has 100 valence electrons. The Morgan fingerprint density at radius 1 is 1.42 bits per heavy atom. The minimum Gasteiger partial charge on any atom is -0.467 e. The number of azide groups is 1. The van der Waals surface area contributed by atoms with Gasteiger partial charge in [0, 0.05) is 11.3 Å². The van der Waals surface area contributed by atoms with E-state index in [0.717, 1.165) is 5.56 Å². The number of rotatable bonds is 6. The maximum absolute atomic E-state index is 11.6. The molecule has 1 N–H and O–H groups in total. The van der Waals surface area contributed by atoms with Crippen molar-refractivity contribution in [2.75, 3.05) is 13.7 Å². The highest BCUT2D eigenvalue weighted by molar-refractivity contribution is 5.85. The van der Waals surface area contributed by atoms with Crippen molar-refractivity contribution in [3.63, 3.8) is 0 Å². The van der Waals surface area contributed by atoms with E-state index in [1.807, 2.05) is 30.3 Å². The molecule has 0 bridgehead atoms. The van der Waals surface area contributed by atoms with Crippen molar-refractivity contribution >= 4 is 11.9 Å². The first kappa shape index (κ1) is 14.5. The molecule has 1 rings (SSSR count).